The predicted octanol–water partition coefficient (Wildman–Crippen LogP) is 4.05. The van der Waals surface area contributed by atoms with Gasteiger partial charge < -0.3 is 15.1 Å². The lowest BCUT2D eigenvalue weighted by Crippen LogP contribution is -2.49. The molecule has 0 radical (unpaired) electrons. The van der Waals surface area contributed by atoms with Gasteiger partial charge >= 0.3 is 0 Å². The van der Waals surface area contributed by atoms with E-state index in [1.54, 1.807) is 18.2 Å². The maximum absolute atomic E-state index is 13.8. The lowest BCUT2D eigenvalue weighted by Gasteiger charge is -2.37. The third-order valence-corrected chi connectivity index (χ3v) is 5.43. The van der Waals surface area contributed by atoms with E-state index in [2.05, 4.69) is 15.5 Å². The summed E-state index contributed by atoms with van der Waals surface area (Å²) in [4.78, 5) is 28.5. The Morgan fingerprint density at radius 1 is 1.13 bits per heavy atom. The molecular weight excluding hydrogens is 439 g/mol. The number of amides is 2. The minimum absolute atomic E-state index is 0.0357. The fourth-order valence-electron chi connectivity index (χ4n) is 3.42. The van der Waals surface area contributed by atoms with Crippen molar-refractivity contribution in [1.82, 2.24) is 10.2 Å². The first-order valence-electron chi connectivity index (χ1n) is 10.1. The van der Waals surface area contributed by atoms with Crippen LogP contribution in [-0.2, 0) is 4.79 Å². The average molecular weight is 463 g/mol. The molecule has 31 heavy (non-hydrogen) atoms. The SMILES string of the molecule is CCCC(=O)N1CCN(c2ccc(Cl)cc2NC(=S)NC(=O)c2ccccc2F)CC1. The molecule has 1 fully saturated rings. The van der Waals surface area contributed by atoms with Crippen LogP contribution in [0.2, 0.25) is 5.02 Å². The number of piperazine rings is 1. The van der Waals surface area contributed by atoms with Crippen LogP contribution in [0.3, 0.4) is 0 Å². The van der Waals surface area contributed by atoms with E-state index >= 15 is 0 Å². The van der Waals surface area contributed by atoms with Crippen LogP contribution in [0.5, 0.6) is 0 Å². The number of rotatable bonds is 5. The number of benzene rings is 2. The molecule has 2 amide bonds. The molecule has 6 nitrogen and oxygen atoms in total. The Morgan fingerprint density at radius 2 is 1.84 bits per heavy atom. The minimum atomic E-state index is -0.637. The second-order valence-electron chi connectivity index (χ2n) is 7.17. The van der Waals surface area contributed by atoms with Gasteiger partial charge in [0.1, 0.15) is 5.82 Å². The monoisotopic (exact) mass is 462 g/mol. The second-order valence-corrected chi connectivity index (χ2v) is 8.01. The first kappa shape index (κ1) is 23.0. The van der Waals surface area contributed by atoms with Gasteiger partial charge in [-0.1, -0.05) is 30.7 Å². The van der Waals surface area contributed by atoms with Crippen molar-refractivity contribution in [1.29, 1.82) is 0 Å². The summed E-state index contributed by atoms with van der Waals surface area (Å²) in [6.07, 6.45) is 1.39. The average Bonchev–Trinajstić information content (AvgIpc) is 2.74. The van der Waals surface area contributed by atoms with Gasteiger partial charge in [-0.05, 0) is 49.0 Å². The van der Waals surface area contributed by atoms with Crippen molar-refractivity contribution in [2.45, 2.75) is 19.8 Å². The zero-order chi connectivity index (χ0) is 22.4. The van der Waals surface area contributed by atoms with Gasteiger partial charge in [0, 0.05) is 37.6 Å². The third kappa shape index (κ3) is 5.92. The highest BCUT2D eigenvalue weighted by Crippen LogP contribution is 2.30. The van der Waals surface area contributed by atoms with Crippen molar-refractivity contribution in [3.63, 3.8) is 0 Å². The number of thiocarbonyl (C=S) groups is 1. The van der Waals surface area contributed by atoms with E-state index in [-0.39, 0.29) is 16.6 Å². The molecule has 2 N–H and O–H groups in total. The number of anilines is 2. The maximum Gasteiger partial charge on any atom is 0.260 e. The molecule has 0 atom stereocenters. The standard InChI is InChI=1S/C22H24ClFN4O2S/c1-2-5-20(29)28-12-10-27(11-13-28)19-9-8-15(23)14-18(19)25-22(31)26-21(30)16-6-3-4-7-17(16)24/h3-4,6-9,14H,2,5,10-13H2,1H3,(H2,25,26,30,31). The molecule has 2 aromatic carbocycles. The number of halogens is 2. The van der Waals surface area contributed by atoms with Crippen LogP contribution >= 0.6 is 23.8 Å². The van der Waals surface area contributed by atoms with Gasteiger partial charge in [0.05, 0.1) is 16.9 Å². The van der Waals surface area contributed by atoms with E-state index < -0.39 is 11.7 Å². The molecule has 2 aromatic rings. The Labute approximate surface area is 191 Å². The number of carbonyl (C=O) groups is 2. The molecular formula is C22H24ClFN4O2S. The molecule has 1 saturated heterocycles. The van der Waals surface area contributed by atoms with Crippen molar-refractivity contribution in [2.75, 3.05) is 36.4 Å². The number of carbonyl (C=O) groups excluding carboxylic acids is 2. The van der Waals surface area contributed by atoms with Crippen LogP contribution in [0.15, 0.2) is 42.5 Å². The van der Waals surface area contributed by atoms with Crippen LogP contribution in [0.25, 0.3) is 0 Å². The van der Waals surface area contributed by atoms with E-state index in [9.17, 15) is 14.0 Å². The summed E-state index contributed by atoms with van der Waals surface area (Å²) in [6, 6.07) is 11.0. The number of hydrogen-bond acceptors (Lipinski definition) is 4. The van der Waals surface area contributed by atoms with Crippen LogP contribution in [0, 0.1) is 5.82 Å². The maximum atomic E-state index is 13.8. The van der Waals surface area contributed by atoms with E-state index in [4.69, 9.17) is 23.8 Å². The molecule has 1 aliphatic rings. The summed E-state index contributed by atoms with van der Waals surface area (Å²) < 4.78 is 13.8. The Morgan fingerprint density at radius 3 is 2.52 bits per heavy atom. The molecule has 0 spiro atoms. The highest BCUT2D eigenvalue weighted by Gasteiger charge is 2.23. The molecule has 0 bridgehead atoms. The number of hydrogen-bond donors (Lipinski definition) is 2. The minimum Gasteiger partial charge on any atom is -0.366 e. The van der Waals surface area contributed by atoms with Gasteiger partial charge in [0.15, 0.2) is 5.11 Å². The Hall–Kier alpha value is -2.71. The highest BCUT2D eigenvalue weighted by atomic mass is 35.5. The summed E-state index contributed by atoms with van der Waals surface area (Å²) in [7, 11) is 0. The summed E-state index contributed by atoms with van der Waals surface area (Å²) in [5.41, 5.74) is 1.39. The molecule has 0 unspecified atom stereocenters. The first-order valence-corrected chi connectivity index (χ1v) is 10.9. The number of nitrogens with one attached hydrogen (secondary N) is 2. The van der Waals surface area contributed by atoms with Crippen LogP contribution in [0.1, 0.15) is 30.1 Å². The van der Waals surface area contributed by atoms with Crippen LogP contribution < -0.4 is 15.5 Å². The summed E-state index contributed by atoms with van der Waals surface area (Å²) >= 11 is 11.4. The van der Waals surface area contributed by atoms with E-state index in [0.29, 0.717) is 43.3 Å². The Kier molecular flexibility index (Phi) is 7.81. The molecule has 0 aromatic heterocycles. The van der Waals surface area contributed by atoms with Gasteiger partial charge in [0.25, 0.3) is 5.91 Å². The molecule has 164 valence electrons. The molecule has 1 aliphatic heterocycles. The fourth-order valence-corrected chi connectivity index (χ4v) is 3.80. The lowest BCUT2D eigenvalue weighted by molar-refractivity contribution is -0.131. The van der Waals surface area contributed by atoms with E-state index in [0.717, 1.165) is 12.1 Å². The van der Waals surface area contributed by atoms with E-state index in [1.165, 1.54) is 18.2 Å². The summed E-state index contributed by atoms with van der Waals surface area (Å²) in [5, 5.41) is 6.03. The zero-order valence-corrected chi connectivity index (χ0v) is 18.7. The third-order valence-electron chi connectivity index (χ3n) is 4.99. The van der Waals surface area contributed by atoms with Crippen molar-refractivity contribution < 1.29 is 14.0 Å². The fraction of sp³-hybridized carbons (Fsp3) is 0.318. The first-order chi connectivity index (χ1) is 14.9. The zero-order valence-electron chi connectivity index (χ0n) is 17.2. The van der Waals surface area contributed by atoms with Crippen molar-refractivity contribution in [3.8, 4) is 0 Å². The van der Waals surface area contributed by atoms with Crippen LogP contribution in [-0.4, -0.2) is 48.0 Å². The van der Waals surface area contributed by atoms with Gasteiger partial charge in [-0.25, -0.2) is 4.39 Å². The normalized spacial score (nSPS) is 13.6. The lowest BCUT2D eigenvalue weighted by atomic mass is 10.2. The quantitative estimate of drug-likeness (QED) is 0.656. The highest BCUT2D eigenvalue weighted by molar-refractivity contribution is 7.80. The van der Waals surface area contributed by atoms with Gasteiger partial charge in [-0.3, -0.25) is 14.9 Å². The van der Waals surface area contributed by atoms with Crippen molar-refractivity contribution in [2.24, 2.45) is 0 Å². The summed E-state index contributed by atoms with van der Waals surface area (Å²) in [5.74, 6) is -1.09. The van der Waals surface area contributed by atoms with Crippen LogP contribution in [0.4, 0.5) is 15.8 Å². The largest absolute Gasteiger partial charge is 0.366 e. The van der Waals surface area contributed by atoms with Gasteiger partial charge in [-0.2, -0.15) is 0 Å². The summed E-state index contributed by atoms with van der Waals surface area (Å²) in [6.45, 7) is 4.60. The molecule has 0 saturated carbocycles. The molecule has 9 heteroatoms. The molecule has 3 rings (SSSR count). The molecule has 0 aliphatic carbocycles. The Balaban J connectivity index is 1.68. The second kappa shape index (κ2) is 10.5. The van der Waals surface area contributed by atoms with Gasteiger partial charge in [0.2, 0.25) is 5.91 Å². The number of nitrogens with zero attached hydrogens (tertiary/aromatic N) is 2. The van der Waals surface area contributed by atoms with Crippen molar-refractivity contribution in [3.05, 3.63) is 58.9 Å². The van der Waals surface area contributed by atoms with Gasteiger partial charge in [-0.15, -0.1) is 0 Å². The predicted molar refractivity (Wildman–Crippen MR) is 125 cm³/mol. The smallest absolute Gasteiger partial charge is 0.260 e. The van der Waals surface area contributed by atoms with Crippen molar-refractivity contribution >= 4 is 52.1 Å². The van der Waals surface area contributed by atoms with E-state index in [1.807, 2.05) is 17.9 Å². The topological polar surface area (TPSA) is 64.7 Å². The molecule has 1 heterocycles. The Bertz CT molecular complexity index is 980.